The topological polar surface area (TPSA) is 85.7 Å². The number of carbonyl (C=O) groups is 2. The summed E-state index contributed by atoms with van der Waals surface area (Å²) in [5.41, 5.74) is 2.87. The Morgan fingerprint density at radius 1 is 1.06 bits per heavy atom. The second-order valence-corrected chi connectivity index (χ2v) is 7.97. The zero-order chi connectivity index (χ0) is 21.9. The van der Waals surface area contributed by atoms with Gasteiger partial charge in [0.25, 0.3) is 0 Å². The molecule has 1 atom stereocenters. The first-order valence-corrected chi connectivity index (χ1v) is 10.7. The molecule has 2 aromatic carbocycles. The number of hydrogen-bond donors (Lipinski definition) is 1. The Bertz CT molecular complexity index is 1110. The molecule has 1 saturated heterocycles. The van der Waals surface area contributed by atoms with Crippen molar-refractivity contribution >= 4 is 17.5 Å². The van der Waals surface area contributed by atoms with E-state index in [-0.39, 0.29) is 24.2 Å². The highest BCUT2D eigenvalue weighted by molar-refractivity contribution is 6.00. The number of ether oxygens (including phenoxy) is 2. The van der Waals surface area contributed by atoms with Gasteiger partial charge in [0.2, 0.25) is 11.8 Å². The first kappa shape index (κ1) is 20.1. The van der Waals surface area contributed by atoms with Gasteiger partial charge in [0, 0.05) is 43.7 Å². The molecule has 5 rings (SSSR count). The Labute approximate surface area is 185 Å². The molecule has 2 aliphatic rings. The molecule has 32 heavy (non-hydrogen) atoms. The van der Waals surface area contributed by atoms with Crippen LogP contribution >= 0.6 is 0 Å². The summed E-state index contributed by atoms with van der Waals surface area (Å²) in [7, 11) is 0. The van der Waals surface area contributed by atoms with E-state index in [1.54, 1.807) is 23.2 Å². The highest BCUT2D eigenvalue weighted by Gasteiger charge is 2.35. The fraction of sp³-hybridized carbons (Fsp3) is 0.292. The van der Waals surface area contributed by atoms with Crippen LogP contribution in [0.4, 0.5) is 5.69 Å². The van der Waals surface area contributed by atoms with Crippen molar-refractivity contribution in [1.82, 2.24) is 15.1 Å². The standard InChI is InChI=1S/C24H24N4O4/c29-23-12-19(16-28(23)20-6-7-21-22(13-20)32-11-10-31-21)24(30)25-14-17-2-4-18(5-3-17)15-27-9-1-8-26-27/h1-9,13,19H,10-12,14-16H2,(H,25,30). The summed E-state index contributed by atoms with van der Waals surface area (Å²) in [5.74, 6) is 0.751. The zero-order valence-corrected chi connectivity index (χ0v) is 17.6. The van der Waals surface area contributed by atoms with E-state index in [0.29, 0.717) is 44.3 Å². The number of anilines is 1. The predicted octanol–water partition coefficient (Wildman–Crippen LogP) is 2.37. The van der Waals surface area contributed by atoms with E-state index in [2.05, 4.69) is 10.4 Å². The molecule has 2 amide bonds. The third-order valence-electron chi connectivity index (χ3n) is 5.73. The molecule has 1 fully saturated rings. The van der Waals surface area contributed by atoms with Crippen molar-refractivity contribution in [2.45, 2.75) is 19.5 Å². The minimum absolute atomic E-state index is 0.0650. The average Bonchev–Trinajstić information content (AvgIpc) is 3.48. The highest BCUT2D eigenvalue weighted by atomic mass is 16.6. The summed E-state index contributed by atoms with van der Waals surface area (Å²) in [6, 6.07) is 15.4. The fourth-order valence-electron chi connectivity index (χ4n) is 4.01. The van der Waals surface area contributed by atoms with Crippen LogP contribution in [0.2, 0.25) is 0 Å². The van der Waals surface area contributed by atoms with E-state index in [4.69, 9.17) is 9.47 Å². The van der Waals surface area contributed by atoms with Gasteiger partial charge in [-0.25, -0.2) is 0 Å². The molecule has 2 aliphatic heterocycles. The van der Waals surface area contributed by atoms with Gasteiger partial charge in [-0.3, -0.25) is 14.3 Å². The van der Waals surface area contributed by atoms with Gasteiger partial charge in [0.15, 0.2) is 11.5 Å². The van der Waals surface area contributed by atoms with E-state index in [9.17, 15) is 9.59 Å². The number of amides is 2. The summed E-state index contributed by atoms with van der Waals surface area (Å²) in [5, 5.41) is 7.18. The molecule has 0 spiro atoms. The van der Waals surface area contributed by atoms with Gasteiger partial charge >= 0.3 is 0 Å². The number of fused-ring (bicyclic) bond motifs is 1. The van der Waals surface area contributed by atoms with Crippen LogP contribution < -0.4 is 19.7 Å². The lowest BCUT2D eigenvalue weighted by Gasteiger charge is -2.22. The van der Waals surface area contributed by atoms with Crippen LogP contribution in [0, 0.1) is 5.92 Å². The van der Waals surface area contributed by atoms with Crippen molar-refractivity contribution < 1.29 is 19.1 Å². The van der Waals surface area contributed by atoms with Gasteiger partial charge in [0.1, 0.15) is 13.2 Å². The Morgan fingerprint density at radius 2 is 1.84 bits per heavy atom. The number of nitrogens with zero attached hydrogens (tertiary/aromatic N) is 3. The largest absolute Gasteiger partial charge is 0.486 e. The monoisotopic (exact) mass is 432 g/mol. The lowest BCUT2D eigenvalue weighted by molar-refractivity contribution is -0.126. The molecule has 3 heterocycles. The zero-order valence-electron chi connectivity index (χ0n) is 17.6. The molecule has 0 aliphatic carbocycles. The Morgan fingerprint density at radius 3 is 2.62 bits per heavy atom. The van der Waals surface area contributed by atoms with Gasteiger partial charge in [-0.1, -0.05) is 24.3 Å². The minimum atomic E-state index is -0.380. The fourth-order valence-corrected chi connectivity index (χ4v) is 4.01. The second kappa shape index (κ2) is 8.74. The van der Waals surface area contributed by atoms with Crippen LogP contribution in [0.15, 0.2) is 60.9 Å². The Balaban J connectivity index is 1.16. The molecule has 1 aromatic heterocycles. The van der Waals surface area contributed by atoms with Crippen LogP contribution in [-0.4, -0.2) is 41.4 Å². The van der Waals surface area contributed by atoms with Crippen molar-refractivity contribution in [1.29, 1.82) is 0 Å². The lowest BCUT2D eigenvalue weighted by atomic mass is 10.1. The van der Waals surface area contributed by atoms with Gasteiger partial charge in [-0.05, 0) is 29.3 Å². The molecule has 8 nitrogen and oxygen atoms in total. The molecule has 1 N–H and O–H groups in total. The van der Waals surface area contributed by atoms with E-state index in [1.165, 1.54) is 0 Å². The maximum absolute atomic E-state index is 12.7. The SMILES string of the molecule is O=C(NCc1ccc(Cn2cccn2)cc1)C1CC(=O)N(c2ccc3c(c2)OCCO3)C1. The second-order valence-electron chi connectivity index (χ2n) is 7.97. The quantitative estimate of drug-likeness (QED) is 0.646. The number of carbonyl (C=O) groups excluding carboxylic acids is 2. The molecule has 0 saturated carbocycles. The first-order chi connectivity index (χ1) is 15.7. The van der Waals surface area contributed by atoms with Crippen LogP contribution in [-0.2, 0) is 22.7 Å². The Hall–Kier alpha value is -3.81. The van der Waals surface area contributed by atoms with E-state index in [0.717, 1.165) is 16.8 Å². The minimum Gasteiger partial charge on any atom is -0.486 e. The maximum Gasteiger partial charge on any atom is 0.227 e. The van der Waals surface area contributed by atoms with Crippen molar-refractivity contribution in [3.05, 3.63) is 72.1 Å². The smallest absolute Gasteiger partial charge is 0.227 e. The molecular weight excluding hydrogens is 408 g/mol. The summed E-state index contributed by atoms with van der Waals surface area (Å²) >= 11 is 0. The number of aromatic nitrogens is 2. The number of hydrogen-bond acceptors (Lipinski definition) is 5. The third-order valence-corrected chi connectivity index (χ3v) is 5.73. The van der Waals surface area contributed by atoms with Crippen LogP contribution in [0.1, 0.15) is 17.5 Å². The molecule has 1 unspecified atom stereocenters. The van der Waals surface area contributed by atoms with Crippen molar-refractivity contribution in [2.24, 2.45) is 5.92 Å². The van der Waals surface area contributed by atoms with Gasteiger partial charge < -0.3 is 19.7 Å². The average molecular weight is 432 g/mol. The van der Waals surface area contributed by atoms with Gasteiger partial charge in [-0.15, -0.1) is 0 Å². The van der Waals surface area contributed by atoms with Crippen molar-refractivity contribution in [3.8, 4) is 11.5 Å². The van der Waals surface area contributed by atoms with Crippen LogP contribution in [0.3, 0.4) is 0 Å². The summed E-state index contributed by atoms with van der Waals surface area (Å²) in [6.45, 7) is 2.49. The van der Waals surface area contributed by atoms with Gasteiger partial charge in [-0.2, -0.15) is 5.10 Å². The number of rotatable bonds is 6. The van der Waals surface area contributed by atoms with Crippen molar-refractivity contribution in [3.63, 3.8) is 0 Å². The van der Waals surface area contributed by atoms with Crippen LogP contribution in [0.25, 0.3) is 0 Å². The van der Waals surface area contributed by atoms with Crippen molar-refractivity contribution in [2.75, 3.05) is 24.7 Å². The molecule has 8 heteroatoms. The van der Waals surface area contributed by atoms with E-state index in [1.807, 2.05) is 47.3 Å². The number of benzene rings is 2. The summed E-state index contributed by atoms with van der Waals surface area (Å²) in [6.07, 6.45) is 3.88. The molecular formula is C24H24N4O4. The molecule has 164 valence electrons. The summed E-state index contributed by atoms with van der Waals surface area (Å²) in [4.78, 5) is 26.9. The number of nitrogens with one attached hydrogen (secondary N) is 1. The Kier molecular flexibility index (Phi) is 5.49. The predicted molar refractivity (Wildman–Crippen MR) is 118 cm³/mol. The lowest BCUT2D eigenvalue weighted by Crippen LogP contribution is -2.32. The van der Waals surface area contributed by atoms with Gasteiger partial charge in [0.05, 0.1) is 12.5 Å². The van der Waals surface area contributed by atoms with E-state index < -0.39 is 0 Å². The normalized spacial score (nSPS) is 17.4. The third kappa shape index (κ3) is 4.30. The van der Waals surface area contributed by atoms with Crippen LogP contribution in [0.5, 0.6) is 11.5 Å². The molecule has 3 aromatic rings. The summed E-state index contributed by atoms with van der Waals surface area (Å²) < 4.78 is 13.0. The molecule has 0 bridgehead atoms. The highest BCUT2D eigenvalue weighted by Crippen LogP contribution is 2.36. The van der Waals surface area contributed by atoms with E-state index >= 15 is 0 Å². The maximum atomic E-state index is 12.7. The first-order valence-electron chi connectivity index (χ1n) is 10.7. The molecule has 0 radical (unpaired) electrons.